The number of benzene rings is 1. The number of nitrogens with one attached hydrogen (secondary N) is 1. The second kappa shape index (κ2) is 8.60. The highest BCUT2D eigenvalue weighted by Crippen LogP contribution is 2.23. The molecule has 0 bridgehead atoms. The number of aliphatic hydroxyl groups excluding tert-OH is 1. The zero-order valence-corrected chi connectivity index (χ0v) is 13.5. The predicted molar refractivity (Wildman–Crippen MR) is 88.1 cm³/mol. The fraction of sp³-hybridized carbons (Fsp3) is 0.389. The van der Waals surface area contributed by atoms with E-state index in [9.17, 15) is 9.50 Å². The van der Waals surface area contributed by atoms with Gasteiger partial charge < -0.3 is 15.2 Å². The lowest BCUT2D eigenvalue weighted by Crippen LogP contribution is -2.26. The molecule has 1 heterocycles. The summed E-state index contributed by atoms with van der Waals surface area (Å²) in [6.07, 6.45) is 1.83. The van der Waals surface area contributed by atoms with Gasteiger partial charge in [0.25, 0.3) is 0 Å². The lowest BCUT2D eigenvalue weighted by molar-refractivity contribution is 0.272. The molecule has 2 unspecified atom stereocenters. The Morgan fingerprint density at radius 1 is 1.30 bits per heavy atom. The van der Waals surface area contributed by atoms with Crippen LogP contribution in [0.15, 0.2) is 42.6 Å². The summed E-state index contributed by atoms with van der Waals surface area (Å²) in [5, 5.41) is 12.6. The third-order valence-corrected chi connectivity index (χ3v) is 3.95. The Balaban J connectivity index is 2.05. The van der Waals surface area contributed by atoms with Gasteiger partial charge in [0.15, 0.2) is 0 Å². The summed E-state index contributed by atoms with van der Waals surface area (Å²) in [4.78, 5) is 3.85. The zero-order valence-electron chi connectivity index (χ0n) is 13.5. The van der Waals surface area contributed by atoms with Crippen LogP contribution in [0.3, 0.4) is 0 Å². The highest BCUT2D eigenvalue weighted by atomic mass is 19.1. The molecule has 124 valence electrons. The number of ether oxygens (including phenoxy) is 1. The lowest BCUT2D eigenvalue weighted by Gasteiger charge is -2.21. The van der Waals surface area contributed by atoms with Crippen LogP contribution in [0.2, 0.25) is 0 Å². The Hall–Kier alpha value is -1.98. The molecule has 5 heteroatoms. The second-order valence-electron chi connectivity index (χ2n) is 5.50. The minimum absolute atomic E-state index is 0.118. The van der Waals surface area contributed by atoms with E-state index in [2.05, 4.69) is 10.3 Å². The van der Waals surface area contributed by atoms with Crippen LogP contribution in [0, 0.1) is 5.82 Å². The van der Waals surface area contributed by atoms with Gasteiger partial charge in [-0.25, -0.2) is 9.37 Å². The Bertz CT molecular complexity index is 607. The predicted octanol–water partition coefficient (Wildman–Crippen LogP) is 3.05. The minimum Gasteiger partial charge on any atom is -0.481 e. The van der Waals surface area contributed by atoms with Crippen molar-refractivity contribution in [2.45, 2.75) is 25.3 Å². The number of rotatable bonds is 8. The van der Waals surface area contributed by atoms with Crippen LogP contribution >= 0.6 is 0 Å². The molecule has 0 aliphatic heterocycles. The first-order chi connectivity index (χ1) is 11.2. The standard InChI is InChI=1S/C18H23FN2O2/c1-13(16-10-18(23-2)21-12-17(16)19)20-11-15(8-9-22)14-6-4-3-5-7-14/h3-7,10,12-13,15,20,22H,8-9,11H2,1-2H3. The largest absolute Gasteiger partial charge is 0.481 e. The quantitative estimate of drug-likeness (QED) is 0.785. The van der Waals surface area contributed by atoms with Crippen molar-refractivity contribution in [1.29, 1.82) is 0 Å². The number of methoxy groups -OCH3 is 1. The molecule has 0 saturated carbocycles. The van der Waals surface area contributed by atoms with E-state index < -0.39 is 0 Å². The first-order valence-corrected chi connectivity index (χ1v) is 7.74. The summed E-state index contributed by atoms with van der Waals surface area (Å²) in [6.45, 7) is 2.67. The van der Waals surface area contributed by atoms with Crippen LogP contribution in [0.25, 0.3) is 0 Å². The van der Waals surface area contributed by atoms with Gasteiger partial charge in [0.2, 0.25) is 5.88 Å². The number of hydrogen-bond donors (Lipinski definition) is 2. The molecule has 2 atom stereocenters. The molecule has 2 rings (SSSR count). The molecular weight excluding hydrogens is 295 g/mol. The second-order valence-corrected chi connectivity index (χ2v) is 5.50. The van der Waals surface area contributed by atoms with Gasteiger partial charge in [-0.1, -0.05) is 30.3 Å². The molecule has 0 saturated heterocycles. The topological polar surface area (TPSA) is 54.4 Å². The molecule has 0 fully saturated rings. The Labute approximate surface area is 136 Å². The third-order valence-electron chi connectivity index (χ3n) is 3.95. The van der Waals surface area contributed by atoms with E-state index >= 15 is 0 Å². The average molecular weight is 318 g/mol. The van der Waals surface area contributed by atoms with Crippen molar-refractivity contribution in [2.24, 2.45) is 0 Å². The maximum Gasteiger partial charge on any atom is 0.213 e. The summed E-state index contributed by atoms with van der Waals surface area (Å²) >= 11 is 0. The summed E-state index contributed by atoms with van der Waals surface area (Å²) in [7, 11) is 1.51. The average Bonchev–Trinajstić information content (AvgIpc) is 2.59. The van der Waals surface area contributed by atoms with Gasteiger partial charge in [0.05, 0.1) is 13.3 Å². The Morgan fingerprint density at radius 2 is 2.04 bits per heavy atom. The number of nitrogens with zero attached hydrogens (tertiary/aromatic N) is 1. The molecule has 0 spiro atoms. The molecule has 0 aliphatic carbocycles. The number of aromatic nitrogens is 1. The van der Waals surface area contributed by atoms with E-state index in [1.54, 1.807) is 6.07 Å². The van der Waals surface area contributed by atoms with Crippen LogP contribution < -0.4 is 10.1 Å². The van der Waals surface area contributed by atoms with E-state index in [0.29, 0.717) is 24.4 Å². The van der Waals surface area contributed by atoms with E-state index in [4.69, 9.17) is 4.74 Å². The van der Waals surface area contributed by atoms with E-state index in [1.165, 1.54) is 13.3 Å². The van der Waals surface area contributed by atoms with Gasteiger partial charge in [-0.05, 0) is 24.8 Å². The van der Waals surface area contributed by atoms with Crippen LogP contribution in [0.1, 0.15) is 36.4 Å². The number of hydrogen-bond acceptors (Lipinski definition) is 4. The van der Waals surface area contributed by atoms with Crippen LogP contribution in [0.4, 0.5) is 4.39 Å². The molecule has 2 N–H and O–H groups in total. The molecule has 0 aliphatic rings. The van der Waals surface area contributed by atoms with Crippen LogP contribution in [-0.2, 0) is 0 Å². The van der Waals surface area contributed by atoms with Crippen molar-refractivity contribution in [3.63, 3.8) is 0 Å². The van der Waals surface area contributed by atoms with Crippen molar-refractivity contribution in [2.75, 3.05) is 20.3 Å². The summed E-state index contributed by atoms with van der Waals surface area (Å²) in [6, 6.07) is 11.4. The molecule has 4 nitrogen and oxygen atoms in total. The summed E-state index contributed by atoms with van der Waals surface area (Å²) in [5.74, 6) is 0.213. The normalized spacial score (nSPS) is 13.6. The van der Waals surface area contributed by atoms with Crippen LogP contribution in [0.5, 0.6) is 5.88 Å². The fourth-order valence-corrected chi connectivity index (χ4v) is 2.57. The van der Waals surface area contributed by atoms with Crippen molar-refractivity contribution < 1.29 is 14.2 Å². The van der Waals surface area contributed by atoms with E-state index in [0.717, 1.165) is 5.56 Å². The zero-order chi connectivity index (χ0) is 16.7. The van der Waals surface area contributed by atoms with E-state index in [1.807, 2.05) is 37.3 Å². The number of pyridine rings is 1. The van der Waals surface area contributed by atoms with E-state index in [-0.39, 0.29) is 24.4 Å². The van der Waals surface area contributed by atoms with Crippen molar-refractivity contribution >= 4 is 0 Å². The fourth-order valence-electron chi connectivity index (χ4n) is 2.57. The van der Waals surface area contributed by atoms with Crippen molar-refractivity contribution in [3.05, 3.63) is 59.5 Å². The highest BCUT2D eigenvalue weighted by molar-refractivity contribution is 5.25. The first-order valence-electron chi connectivity index (χ1n) is 7.74. The maximum atomic E-state index is 14.0. The summed E-state index contributed by atoms with van der Waals surface area (Å²) in [5.41, 5.74) is 1.68. The number of aliphatic hydroxyl groups is 1. The molecule has 1 aromatic heterocycles. The SMILES string of the molecule is COc1cc(C(C)NCC(CCO)c2ccccc2)c(F)cn1. The van der Waals surface area contributed by atoms with Gasteiger partial charge in [-0.2, -0.15) is 0 Å². The third kappa shape index (κ3) is 4.74. The Kier molecular flexibility index (Phi) is 6.50. The molecule has 2 aromatic rings. The lowest BCUT2D eigenvalue weighted by atomic mass is 9.95. The van der Waals surface area contributed by atoms with Crippen LogP contribution in [-0.4, -0.2) is 30.4 Å². The van der Waals surface area contributed by atoms with Gasteiger partial charge in [-0.3, -0.25) is 0 Å². The number of halogens is 1. The first kappa shape index (κ1) is 17.4. The van der Waals surface area contributed by atoms with Crippen molar-refractivity contribution in [3.8, 4) is 5.88 Å². The molecular formula is C18H23FN2O2. The van der Waals surface area contributed by atoms with Gasteiger partial charge in [0.1, 0.15) is 5.82 Å². The van der Waals surface area contributed by atoms with Gasteiger partial charge in [0, 0.05) is 30.8 Å². The molecule has 0 amide bonds. The molecule has 0 radical (unpaired) electrons. The minimum atomic E-state index is -0.357. The smallest absolute Gasteiger partial charge is 0.213 e. The molecule has 23 heavy (non-hydrogen) atoms. The van der Waals surface area contributed by atoms with Crippen molar-refractivity contribution in [1.82, 2.24) is 10.3 Å². The van der Waals surface area contributed by atoms with Gasteiger partial charge in [-0.15, -0.1) is 0 Å². The maximum absolute atomic E-state index is 14.0. The van der Waals surface area contributed by atoms with Gasteiger partial charge >= 0.3 is 0 Å². The highest BCUT2D eigenvalue weighted by Gasteiger charge is 2.16. The monoisotopic (exact) mass is 318 g/mol. The molecule has 1 aromatic carbocycles. The summed E-state index contributed by atoms with van der Waals surface area (Å²) < 4.78 is 19.0. The Morgan fingerprint density at radius 3 is 2.70 bits per heavy atom.